The Morgan fingerprint density at radius 3 is 2.59 bits per heavy atom. The third-order valence-corrected chi connectivity index (χ3v) is 5.56. The molecule has 1 atom stereocenters. The fourth-order valence-corrected chi connectivity index (χ4v) is 3.86. The predicted octanol–water partition coefficient (Wildman–Crippen LogP) is 3.53. The van der Waals surface area contributed by atoms with Gasteiger partial charge in [0.05, 0.1) is 31.0 Å². The van der Waals surface area contributed by atoms with Crippen LogP contribution in [-0.4, -0.2) is 63.2 Å². The Balaban J connectivity index is 2.04. The molecule has 0 aliphatic rings. The van der Waals surface area contributed by atoms with E-state index in [1.807, 2.05) is 26.0 Å². The van der Waals surface area contributed by atoms with Crippen molar-refractivity contribution >= 4 is 29.1 Å². The summed E-state index contributed by atoms with van der Waals surface area (Å²) in [6.07, 6.45) is 3.01. The number of aromatic nitrogens is 5. The molecule has 0 aliphatic carbocycles. The smallest absolute Gasteiger partial charge is 0.343 e. The molecule has 0 bridgehead atoms. The highest BCUT2D eigenvalue weighted by Gasteiger charge is 2.21. The third-order valence-electron chi connectivity index (χ3n) is 5.56. The minimum absolute atomic E-state index is 0.161. The van der Waals surface area contributed by atoms with Gasteiger partial charge < -0.3 is 30.8 Å². The van der Waals surface area contributed by atoms with Crippen molar-refractivity contribution in [3.05, 3.63) is 47.6 Å². The van der Waals surface area contributed by atoms with Crippen LogP contribution in [0.15, 0.2) is 42.0 Å². The molecule has 1 unspecified atom stereocenters. The molecule has 0 fully saturated rings. The van der Waals surface area contributed by atoms with Gasteiger partial charge in [-0.2, -0.15) is 10.1 Å². The summed E-state index contributed by atoms with van der Waals surface area (Å²) in [6, 6.07) is 5.19. The number of nitrogens with zero attached hydrogens (tertiary/aromatic N) is 5. The van der Waals surface area contributed by atoms with E-state index in [1.165, 1.54) is 6.20 Å². The van der Waals surface area contributed by atoms with Gasteiger partial charge in [0.25, 0.3) is 0 Å². The molecule has 0 aliphatic heterocycles. The Morgan fingerprint density at radius 2 is 2.00 bits per heavy atom. The summed E-state index contributed by atoms with van der Waals surface area (Å²) in [5.41, 5.74) is 3.45. The largest absolute Gasteiger partial charge is 0.494 e. The highest BCUT2D eigenvalue weighted by atomic mass is 16.5. The predicted molar refractivity (Wildman–Crippen MR) is 143 cm³/mol. The summed E-state index contributed by atoms with van der Waals surface area (Å²) in [5.74, 6) is 0.920. The van der Waals surface area contributed by atoms with E-state index in [-0.39, 0.29) is 30.0 Å². The molecular formula is C25H33N9O3. The third kappa shape index (κ3) is 6.21. The van der Waals surface area contributed by atoms with Crippen LogP contribution in [0.5, 0.6) is 5.75 Å². The summed E-state index contributed by atoms with van der Waals surface area (Å²) in [4.78, 5) is 25.9. The van der Waals surface area contributed by atoms with Gasteiger partial charge in [0, 0.05) is 37.3 Å². The average Bonchev–Trinajstić information content (AvgIpc) is 3.29. The Labute approximate surface area is 216 Å². The van der Waals surface area contributed by atoms with Crippen molar-refractivity contribution in [3.8, 4) is 17.1 Å². The maximum absolute atomic E-state index is 12.7. The number of allylic oxidation sites excluding steroid dienone is 1. The second kappa shape index (κ2) is 12.0. The molecule has 2 aromatic heterocycles. The lowest BCUT2D eigenvalue weighted by Gasteiger charge is -2.21. The van der Waals surface area contributed by atoms with Crippen molar-refractivity contribution in [1.82, 2.24) is 30.0 Å². The molecule has 1 aromatic carbocycles. The van der Waals surface area contributed by atoms with E-state index < -0.39 is 5.97 Å². The molecule has 0 spiro atoms. The molecule has 37 heavy (non-hydrogen) atoms. The van der Waals surface area contributed by atoms with Crippen molar-refractivity contribution in [2.45, 2.75) is 33.7 Å². The molecule has 4 N–H and O–H groups in total. The maximum Gasteiger partial charge on any atom is 0.343 e. The molecule has 0 amide bonds. The fourth-order valence-electron chi connectivity index (χ4n) is 3.86. The van der Waals surface area contributed by atoms with Gasteiger partial charge in [-0.15, -0.1) is 0 Å². The lowest BCUT2D eigenvalue weighted by Crippen LogP contribution is -2.27. The van der Waals surface area contributed by atoms with Gasteiger partial charge in [-0.05, 0) is 39.8 Å². The highest BCUT2D eigenvalue weighted by Crippen LogP contribution is 2.36. The van der Waals surface area contributed by atoms with Crippen LogP contribution in [-0.2, 0) is 11.8 Å². The second-order valence-electron chi connectivity index (χ2n) is 8.21. The lowest BCUT2D eigenvalue weighted by atomic mass is 10.0. The maximum atomic E-state index is 12.7. The monoisotopic (exact) mass is 507 g/mol. The van der Waals surface area contributed by atoms with Crippen molar-refractivity contribution < 1.29 is 14.3 Å². The van der Waals surface area contributed by atoms with Crippen LogP contribution >= 0.6 is 0 Å². The molecular weight excluding hydrogens is 474 g/mol. The Kier molecular flexibility index (Phi) is 8.77. The first kappa shape index (κ1) is 27.1. The van der Waals surface area contributed by atoms with Crippen molar-refractivity contribution in [1.29, 1.82) is 5.41 Å². The van der Waals surface area contributed by atoms with E-state index in [0.717, 1.165) is 11.3 Å². The Bertz CT molecular complexity index is 1320. The number of carbonyl (C=O) groups excluding carboxylic acids is 1. The van der Waals surface area contributed by atoms with Gasteiger partial charge in [-0.1, -0.05) is 6.07 Å². The quantitative estimate of drug-likeness (QED) is 0.224. The van der Waals surface area contributed by atoms with Crippen LogP contribution in [0.25, 0.3) is 11.4 Å². The first-order valence-corrected chi connectivity index (χ1v) is 11.7. The molecule has 12 nitrogen and oxygen atoms in total. The standard InChI is InChI=1S/C25H33N9O3/c1-8-37-24(35)18-12-28-25(30-16(4)20(14(2)26)15(3)27-5)32-23(18)31-19-11-9-10-17(21(19)36-7)22-29-13-34(6)33-22/h9-13,16,26-27H,8H2,1-7H3,(H2,28,30,31,32)/b20-15+,26-14?. The number of carbonyl (C=O) groups is 1. The van der Waals surface area contributed by atoms with Gasteiger partial charge in [0.15, 0.2) is 17.4 Å². The molecule has 196 valence electrons. The number of hydrogen-bond donors (Lipinski definition) is 4. The summed E-state index contributed by atoms with van der Waals surface area (Å²) in [5, 5.41) is 22.0. The van der Waals surface area contributed by atoms with Crippen LogP contribution in [0.4, 0.5) is 17.5 Å². The molecule has 3 aromatic rings. The number of hydrogen-bond acceptors (Lipinski definition) is 11. The van der Waals surface area contributed by atoms with Crippen LogP contribution in [0, 0.1) is 5.41 Å². The minimum atomic E-state index is -0.562. The summed E-state index contributed by atoms with van der Waals surface area (Å²) < 4.78 is 12.5. The molecule has 0 saturated heterocycles. The number of benzene rings is 1. The van der Waals surface area contributed by atoms with Crippen LogP contribution in [0.2, 0.25) is 0 Å². The molecule has 0 saturated carbocycles. The van der Waals surface area contributed by atoms with E-state index in [4.69, 9.17) is 14.9 Å². The SMILES string of the molecule is CCOC(=O)c1cnc(NC(C)/C(C(C)=N)=C(\C)NC)nc1Nc1cccc(-c2ncn(C)n2)c1OC. The van der Waals surface area contributed by atoms with Crippen molar-refractivity contribution in [2.24, 2.45) is 7.05 Å². The first-order chi connectivity index (χ1) is 17.7. The second-order valence-corrected chi connectivity index (χ2v) is 8.21. The zero-order valence-corrected chi connectivity index (χ0v) is 22.1. The number of ether oxygens (including phenoxy) is 2. The van der Waals surface area contributed by atoms with Crippen molar-refractivity contribution in [2.75, 3.05) is 31.4 Å². The van der Waals surface area contributed by atoms with Crippen LogP contribution < -0.4 is 20.7 Å². The van der Waals surface area contributed by atoms with Gasteiger partial charge in [-0.3, -0.25) is 4.68 Å². The Morgan fingerprint density at radius 1 is 1.24 bits per heavy atom. The van der Waals surface area contributed by atoms with E-state index in [9.17, 15) is 4.79 Å². The van der Waals surface area contributed by atoms with Gasteiger partial charge in [-0.25, -0.2) is 14.8 Å². The zero-order valence-electron chi connectivity index (χ0n) is 22.1. The fraction of sp³-hybridized carbons (Fsp3) is 0.360. The average molecular weight is 508 g/mol. The molecule has 2 heterocycles. The summed E-state index contributed by atoms with van der Waals surface area (Å²) in [7, 11) is 5.14. The normalized spacial score (nSPS) is 12.3. The van der Waals surface area contributed by atoms with Crippen LogP contribution in [0.1, 0.15) is 38.1 Å². The topological polar surface area (TPSA) is 152 Å². The lowest BCUT2D eigenvalue weighted by molar-refractivity contribution is 0.0526. The number of anilines is 3. The number of para-hydroxylation sites is 1. The first-order valence-electron chi connectivity index (χ1n) is 11.7. The van der Waals surface area contributed by atoms with Crippen molar-refractivity contribution in [3.63, 3.8) is 0 Å². The van der Waals surface area contributed by atoms with E-state index in [2.05, 4.69) is 36.0 Å². The Hall–Kier alpha value is -4.48. The number of aryl methyl sites for hydroxylation is 1. The minimum Gasteiger partial charge on any atom is -0.494 e. The number of rotatable bonds is 11. The number of nitrogens with one attached hydrogen (secondary N) is 4. The van der Waals surface area contributed by atoms with Gasteiger partial charge in [0.1, 0.15) is 11.9 Å². The molecule has 0 radical (unpaired) electrons. The van der Waals surface area contributed by atoms with Gasteiger partial charge in [0.2, 0.25) is 5.95 Å². The molecule has 3 rings (SSSR count). The highest BCUT2D eigenvalue weighted by molar-refractivity contribution is 5.98. The summed E-state index contributed by atoms with van der Waals surface area (Å²) >= 11 is 0. The van der Waals surface area contributed by atoms with Gasteiger partial charge >= 0.3 is 5.97 Å². The summed E-state index contributed by atoms with van der Waals surface area (Å²) in [6.45, 7) is 7.47. The number of esters is 1. The van der Waals surface area contributed by atoms with E-state index in [1.54, 1.807) is 52.1 Å². The number of methoxy groups -OCH3 is 1. The zero-order chi connectivity index (χ0) is 27.1. The van der Waals surface area contributed by atoms with E-state index in [0.29, 0.717) is 28.5 Å². The molecule has 12 heteroatoms. The van der Waals surface area contributed by atoms with E-state index >= 15 is 0 Å². The van der Waals surface area contributed by atoms with Crippen LogP contribution in [0.3, 0.4) is 0 Å².